The zero-order valence-corrected chi connectivity index (χ0v) is 10.2. The zero-order valence-electron chi connectivity index (χ0n) is 9.30. The van der Waals surface area contributed by atoms with Crippen molar-refractivity contribution >= 4 is 18.5 Å². The van der Waals surface area contributed by atoms with Gasteiger partial charge in [0, 0.05) is 24.8 Å². The van der Waals surface area contributed by atoms with Crippen LogP contribution in [0.25, 0.3) is 0 Å². The fourth-order valence-corrected chi connectivity index (χ4v) is 2.14. The molecule has 3 nitrogen and oxygen atoms in total. The average Bonchev–Trinajstić information content (AvgIpc) is 2.28. The summed E-state index contributed by atoms with van der Waals surface area (Å²) in [6.45, 7) is 2.88. The number of rotatable bonds is 3. The number of benzene rings is 1. The van der Waals surface area contributed by atoms with Crippen molar-refractivity contribution in [2.24, 2.45) is 5.92 Å². The maximum absolute atomic E-state index is 5.74. The monoisotopic (exact) mass is 238 g/mol. The molecule has 0 amide bonds. The Morgan fingerprint density at radius 1 is 1.38 bits per heavy atom. The Kier molecular flexibility index (Phi) is 3.96. The van der Waals surface area contributed by atoms with Crippen molar-refractivity contribution in [3.8, 4) is 5.75 Å². The second-order valence-electron chi connectivity index (χ2n) is 4.28. The SMILES string of the molecule is Nc1cccc(OCC2CCN(S)CC2)c1. The van der Waals surface area contributed by atoms with Gasteiger partial charge in [0.15, 0.2) is 0 Å². The molecule has 0 spiro atoms. The molecule has 1 heterocycles. The first-order valence-electron chi connectivity index (χ1n) is 5.66. The highest BCUT2D eigenvalue weighted by Crippen LogP contribution is 2.21. The molecule has 88 valence electrons. The van der Waals surface area contributed by atoms with Crippen molar-refractivity contribution in [1.82, 2.24) is 4.31 Å². The predicted molar refractivity (Wildman–Crippen MR) is 69.6 cm³/mol. The lowest BCUT2D eigenvalue weighted by molar-refractivity contribution is 0.191. The highest BCUT2D eigenvalue weighted by molar-refractivity contribution is 7.77. The van der Waals surface area contributed by atoms with E-state index in [4.69, 9.17) is 10.5 Å². The van der Waals surface area contributed by atoms with E-state index >= 15 is 0 Å². The molecule has 2 N–H and O–H groups in total. The van der Waals surface area contributed by atoms with Gasteiger partial charge in [-0.25, -0.2) is 0 Å². The molecule has 2 rings (SSSR count). The summed E-state index contributed by atoms with van der Waals surface area (Å²) in [5.74, 6) is 1.51. The topological polar surface area (TPSA) is 38.5 Å². The normalized spacial score (nSPS) is 18.6. The molecule has 1 aromatic rings. The average molecular weight is 238 g/mol. The second-order valence-corrected chi connectivity index (χ2v) is 4.85. The van der Waals surface area contributed by atoms with Gasteiger partial charge in [-0.1, -0.05) is 18.9 Å². The lowest BCUT2D eigenvalue weighted by atomic mass is 9.99. The molecule has 0 atom stereocenters. The summed E-state index contributed by atoms with van der Waals surface area (Å²) in [7, 11) is 0. The van der Waals surface area contributed by atoms with Crippen LogP contribution in [0.15, 0.2) is 24.3 Å². The van der Waals surface area contributed by atoms with Crippen LogP contribution in [0.1, 0.15) is 12.8 Å². The van der Waals surface area contributed by atoms with Crippen molar-refractivity contribution in [2.45, 2.75) is 12.8 Å². The standard InChI is InChI=1S/C12H18N2OS/c13-11-2-1-3-12(8-11)15-9-10-4-6-14(16)7-5-10/h1-3,8,10,16H,4-7,9,13H2. The van der Waals surface area contributed by atoms with Crippen LogP contribution in [-0.4, -0.2) is 24.0 Å². The first-order chi connectivity index (χ1) is 7.74. The summed E-state index contributed by atoms with van der Waals surface area (Å²) in [6, 6.07) is 7.60. The number of hydrogen-bond donors (Lipinski definition) is 2. The number of anilines is 1. The molecule has 1 aromatic carbocycles. The quantitative estimate of drug-likeness (QED) is 0.626. The Balaban J connectivity index is 1.79. The van der Waals surface area contributed by atoms with E-state index in [-0.39, 0.29) is 0 Å². The van der Waals surface area contributed by atoms with E-state index in [0.717, 1.165) is 44.0 Å². The number of ether oxygens (including phenoxy) is 1. The molecular weight excluding hydrogens is 220 g/mol. The summed E-state index contributed by atoms with van der Waals surface area (Å²) in [5, 5.41) is 0. The van der Waals surface area contributed by atoms with Gasteiger partial charge in [0.2, 0.25) is 0 Å². The zero-order chi connectivity index (χ0) is 11.4. The van der Waals surface area contributed by atoms with Crippen LogP contribution in [0.3, 0.4) is 0 Å². The number of nitrogens with zero attached hydrogens (tertiary/aromatic N) is 1. The number of piperidine rings is 1. The van der Waals surface area contributed by atoms with E-state index in [1.165, 1.54) is 0 Å². The molecule has 1 aliphatic rings. The van der Waals surface area contributed by atoms with E-state index in [9.17, 15) is 0 Å². The Morgan fingerprint density at radius 3 is 2.81 bits per heavy atom. The van der Waals surface area contributed by atoms with E-state index in [1.807, 2.05) is 24.3 Å². The third-order valence-corrected chi connectivity index (χ3v) is 3.33. The van der Waals surface area contributed by atoms with Gasteiger partial charge >= 0.3 is 0 Å². The smallest absolute Gasteiger partial charge is 0.121 e. The first kappa shape index (κ1) is 11.6. The molecule has 1 aliphatic heterocycles. The van der Waals surface area contributed by atoms with Crippen molar-refractivity contribution in [2.75, 3.05) is 25.4 Å². The minimum absolute atomic E-state index is 0.643. The third-order valence-electron chi connectivity index (χ3n) is 2.93. The molecule has 4 heteroatoms. The number of thiol groups is 1. The molecule has 0 radical (unpaired) electrons. The summed E-state index contributed by atoms with van der Waals surface area (Å²) in [4.78, 5) is 0. The Hall–Kier alpha value is -0.870. The van der Waals surface area contributed by atoms with Gasteiger partial charge in [0.05, 0.1) is 6.61 Å². The van der Waals surface area contributed by atoms with Gasteiger partial charge in [0.25, 0.3) is 0 Å². The summed E-state index contributed by atoms with van der Waals surface area (Å²) in [6.07, 6.45) is 2.32. The Labute approximate surface area is 102 Å². The van der Waals surface area contributed by atoms with Gasteiger partial charge in [-0.2, -0.15) is 0 Å². The molecular formula is C12H18N2OS. The molecule has 0 unspecified atom stereocenters. The maximum atomic E-state index is 5.74. The van der Waals surface area contributed by atoms with Gasteiger partial charge in [-0.05, 0) is 30.9 Å². The number of nitrogen functional groups attached to an aromatic ring is 1. The van der Waals surface area contributed by atoms with E-state index in [0.29, 0.717) is 5.92 Å². The summed E-state index contributed by atoms with van der Waals surface area (Å²) >= 11 is 4.33. The molecule has 0 aliphatic carbocycles. The highest BCUT2D eigenvalue weighted by atomic mass is 32.1. The van der Waals surface area contributed by atoms with Crippen LogP contribution < -0.4 is 10.5 Å². The third kappa shape index (κ3) is 3.32. The molecule has 0 saturated carbocycles. The Morgan fingerprint density at radius 2 is 2.12 bits per heavy atom. The molecule has 16 heavy (non-hydrogen) atoms. The summed E-state index contributed by atoms with van der Waals surface area (Å²) < 4.78 is 7.80. The molecule has 1 fully saturated rings. The van der Waals surface area contributed by atoms with Crippen LogP contribution >= 0.6 is 12.8 Å². The number of hydrogen-bond acceptors (Lipinski definition) is 4. The molecule has 1 saturated heterocycles. The lowest BCUT2D eigenvalue weighted by Crippen LogP contribution is -2.29. The Bertz CT molecular complexity index is 338. The largest absolute Gasteiger partial charge is 0.493 e. The molecule has 0 aromatic heterocycles. The molecule has 0 bridgehead atoms. The van der Waals surface area contributed by atoms with Crippen molar-refractivity contribution in [1.29, 1.82) is 0 Å². The fraction of sp³-hybridized carbons (Fsp3) is 0.500. The predicted octanol–water partition coefficient (Wildman–Crippen LogP) is 2.20. The van der Waals surface area contributed by atoms with Crippen LogP contribution in [0.5, 0.6) is 5.75 Å². The fourth-order valence-electron chi connectivity index (χ4n) is 1.90. The maximum Gasteiger partial charge on any atom is 0.121 e. The van der Waals surface area contributed by atoms with Gasteiger partial charge in [-0.15, -0.1) is 0 Å². The minimum Gasteiger partial charge on any atom is -0.493 e. The van der Waals surface area contributed by atoms with E-state index in [1.54, 1.807) is 0 Å². The van der Waals surface area contributed by atoms with Gasteiger partial charge in [-0.3, -0.25) is 4.31 Å². The van der Waals surface area contributed by atoms with Crippen LogP contribution in [-0.2, 0) is 0 Å². The van der Waals surface area contributed by atoms with E-state index < -0.39 is 0 Å². The van der Waals surface area contributed by atoms with Crippen LogP contribution in [0, 0.1) is 5.92 Å². The van der Waals surface area contributed by atoms with Gasteiger partial charge < -0.3 is 10.5 Å². The van der Waals surface area contributed by atoms with Crippen LogP contribution in [0.2, 0.25) is 0 Å². The minimum atomic E-state index is 0.643. The van der Waals surface area contributed by atoms with Crippen LogP contribution in [0.4, 0.5) is 5.69 Å². The first-order valence-corrected chi connectivity index (χ1v) is 6.06. The lowest BCUT2D eigenvalue weighted by Gasteiger charge is -2.27. The van der Waals surface area contributed by atoms with Crippen molar-refractivity contribution < 1.29 is 4.74 Å². The second kappa shape index (κ2) is 5.46. The van der Waals surface area contributed by atoms with Crippen molar-refractivity contribution in [3.05, 3.63) is 24.3 Å². The van der Waals surface area contributed by atoms with E-state index in [2.05, 4.69) is 17.1 Å². The highest BCUT2D eigenvalue weighted by Gasteiger charge is 2.17. The van der Waals surface area contributed by atoms with Crippen molar-refractivity contribution in [3.63, 3.8) is 0 Å². The summed E-state index contributed by atoms with van der Waals surface area (Å²) in [5.41, 5.74) is 6.44. The number of nitrogens with two attached hydrogens (primary N) is 1. The van der Waals surface area contributed by atoms with Gasteiger partial charge in [0.1, 0.15) is 5.75 Å².